The number of esters is 3. The van der Waals surface area contributed by atoms with Crippen LogP contribution in [-0.2, 0) is 28.6 Å². The molecular formula is C59H106O6. The Morgan fingerprint density at radius 2 is 0.554 bits per heavy atom. The van der Waals surface area contributed by atoms with E-state index in [2.05, 4.69) is 69.4 Å². The van der Waals surface area contributed by atoms with Crippen molar-refractivity contribution in [1.82, 2.24) is 0 Å². The molecule has 1 unspecified atom stereocenters. The molecule has 65 heavy (non-hydrogen) atoms. The van der Waals surface area contributed by atoms with Crippen molar-refractivity contribution in [2.45, 2.75) is 297 Å². The molecule has 0 saturated carbocycles. The summed E-state index contributed by atoms with van der Waals surface area (Å²) in [7, 11) is 0. The van der Waals surface area contributed by atoms with E-state index in [0.717, 1.165) is 83.5 Å². The van der Waals surface area contributed by atoms with E-state index in [0.29, 0.717) is 19.3 Å². The predicted octanol–water partition coefficient (Wildman–Crippen LogP) is 18.7. The second kappa shape index (κ2) is 54.0. The van der Waals surface area contributed by atoms with Gasteiger partial charge in [-0.15, -0.1) is 0 Å². The summed E-state index contributed by atoms with van der Waals surface area (Å²) in [6, 6.07) is 0. The summed E-state index contributed by atoms with van der Waals surface area (Å²) in [4.78, 5) is 38.1. The molecule has 0 heterocycles. The first-order valence-corrected chi connectivity index (χ1v) is 28.2. The largest absolute Gasteiger partial charge is 0.462 e. The van der Waals surface area contributed by atoms with E-state index in [1.54, 1.807) is 0 Å². The Kier molecular flexibility index (Phi) is 51.8. The highest BCUT2D eigenvalue weighted by atomic mass is 16.6. The van der Waals surface area contributed by atoms with E-state index in [1.807, 2.05) is 0 Å². The van der Waals surface area contributed by atoms with Gasteiger partial charge in [-0.2, -0.15) is 0 Å². The van der Waals surface area contributed by atoms with Gasteiger partial charge < -0.3 is 14.2 Å². The summed E-state index contributed by atoms with van der Waals surface area (Å²) in [5.74, 6) is -0.900. The maximum atomic E-state index is 12.8. The average molecular weight is 911 g/mol. The standard InChI is InChI=1S/C59H106O6/c1-4-7-10-13-16-19-22-25-28-31-34-37-40-43-46-49-52-58(61)64-55-56(54-63-57(60)51-48-45-42-39-36-33-30-27-24-21-18-15-12-9-6-3)65-59(62)53-50-47-44-41-38-35-32-29-26-23-20-17-14-11-8-5-2/h18,21,24,27-29,31-32,56H,4-17,19-20,22-23,25-26,30,33-55H2,1-3H3/b21-18-,27-24-,31-28-,32-29-. The van der Waals surface area contributed by atoms with Gasteiger partial charge in [0, 0.05) is 19.3 Å². The Labute approximate surface area is 403 Å². The number of hydrogen-bond acceptors (Lipinski definition) is 6. The van der Waals surface area contributed by atoms with E-state index in [4.69, 9.17) is 14.2 Å². The van der Waals surface area contributed by atoms with Crippen LogP contribution in [0.25, 0.3) is 0 Å². The maximum absolute atomic E-state index is 12.8. The summed E-state index contributed by atoms with van der Waals surface area (Å²) in [5, 5.41) is 0. The van der Waals surface area contributed by atoms with Crippen molar-refractivity contribution in [2.24, 2.45) is 0 Å². The fraction of sp³-hybridized carbons (Fsp3) is 0.814. The molecule has 378 valence electrons. The summed E-state index contributed by atoms with van der Waals surface area (Å²) >= 11 is 0. The highest BCUT2D eigenvalue weighted by Gasteiger charge is 2.19. The molecule has 0 spiro atoms. The van der Waals surface area contributed by atoms with E-state index in [-0.39, 0.29) is 31.1 Å². The Morgan fingerprint density at radius 3 is 0.892 bits per heavy atom. The average Bonchev–Trinajstić information content (AvgIpc) is 3.30. The number of ether oxygens (including phenoxy) is 3. The summed E-state index contributed by atoms with van der Waals surface area (Å²) < 4.78 is 16.8. The summed E-state index contributed by atoms with van der Waals surface area (Å²) in [6.07, 6.45) is 65.2. The van der Waals surface area contributed by atoms with Gasteiger partial charge in [-0.1, -0.05) is 223 Å². The lowest BCUT2D eigenvalue weighted by molar-refractivity contribution is -0.167. The fourth-order valence-electron chi connectivity index (χ4n) is 8.01. The fourth-order valence-corrected chi connectivity index (χ4v) is 8.01. The predicted molar refractivity (Wildman–Crippen MR) is 279 cm³/mol. The van der Waals surface area contributed by atoms with Crippen LogP contribution in [0.2, 0.25) is 0 Å². The number of rotatable bonds is 51. The zero-order valence-electron chi connectivity index (χ0n) is 43.3. The van der Waals surface area contributed by atoms with Crippen LogP contribution in [0, 0.1) is 0 Å². The topological polar surface area (TPSA) is 78.9 Å². The van der Waals surface area contributed by atoms with Gasteiger partial charge in [0.25, 0.3) is 0 Å². The number of carbonyl (C=O) groups is 3. The summed E-state index contributed by atoms with van der Waals surface area (Å²) in [5.41, 5.74) is 0. The van der Waals surface area contributed by atoms with Crippen LogP contribution in [-0.4, -0.2) is 37.2 Å². The second-order valence-electron chi connectivity index (χ2n) is 18.9. The molecule has 0 N–H and O–H groups in total. The van der Waals surface area contributed by atoms with Crippen molar-refractivity contribution in [3.8, 4) is 0 Å². The number of allylic oxidation sites excluding steroid dienone is 8. The van der Waals surface area contributed by atoms with Gasteiger partial charge in [0.2, 0.25) is 0 Å². The van der Waals surface area contributed by atoms with Gasteiger partial charge >= 0.3 is 17.9 Å². The van der Waals surface area contributed by atoms with Crippen molar-refractivity contribution in [3.05, 3.63) is 48.6 Å². The Bertz CT molecular complexity index is 1140. The van der Waals surface area contributed by atoms with Crippen molar-refractivity contribution < 1.29 is 28.6 Å². The lowest BCUT2D eigenvalue weighted by atomic mass is 10.1. The first-order chi connectivity index (χ1) is 32.0. The minimum atomic E-state index is -0.785. The first kappa shape index (κ1) is 62.4. The van der Waals surface area contributed by atoms with E-state index >= 15 is 0 Å². The Balaban J connectivity index is 4.41. The second-order valence-corrected chi connectivity index (χ2v) is 18.9. The third kappa shape index (κ3) is 52.2. The van der Waals surface area contributed by atoms with Crippen molar-refractivity contribution in [1.29, 1.82) is 0 Å². The van der Waals surface area contributed by atoms with Crippen LogP contribution in [0.1, 0.15) is 290 Å². The molecule has 0 aliphatic rings. The molecule has 0 radical (unpaired) electrons. The minimum absolute atomic E-state index is 0.0834. The summed E-state index contributed by atoms with van der Waals surface area (Å²) in [6.45, 7) is 6.61. The normalized spacial score (nSPS) is 12.4. The van der Waals surface area contributed by atoms with Crippen LogP contribution in [0.15, 0.2) is 48.6 Å². The first-order valence-electron chi connectivity index (χ1n) is 28.2. The molecule has 0 aromatic heterocycles. The molecule has 6 nitrogen and oxygen atoms in total. The van der Waals surface area contributed by atoms with Gasteiger partial charge in [-0.05, 0) is 96.3 Å². The van der Waals surface area contributed by atoms with Crippen LogP contribution in [0.4, 0.5) is 0 Å². The third-order valence-corrected chi connectivity index (χ3v) is 12.3. The molecule has 0 fully saturated rings. The molecular weight excluding hydrogens is 805 g/mol. The minimum Gasteiger partial charge on any atom is -0.462 e. The van der Waals surface area contributed by atoms with Crippen LogP contribution in [0.3, 0.4) is 0 Å². The lowest BCUT2D eigenvalue weighted by Gasteiger charge is -2.18. The molecule has 0 bridgehead atoms. The molecule has 0 aromatic rings. The highest BCUT2D eigenvalue weighted by Crippen LogP contribution is 2.15. The molecule has 0 aromatic carbocycles. The Morgan fingerprint density at radius 1 is 0.308 bits per heavy atom. The van der Waals surface area contributed by atoms with Crippen molar-refractivity contribution in [3.63, 3.8) is 0 Å². The smallest absolute Gasteiger partial charge is 0.306 e. The van der Waals surface area contributed by atoms with Gasteiger partial charge in [0.1, 0.15) is 13.2 Å². The highest BCUT2D eigenvalue weighted by molar-refractivity contribution is 5.71. The number of unbranched alkanes of at least 4 members (excludes halogenated alkanes) is 33. The van der Waals surface area contributed by atoms with Crippen molar-refractivity contribution in [2.75, 3.05) is 13.2 Å². The van der Waals surface area contributed by atoms with Gasteiger partial charge in [0.05, 0.1) is 0 Å². The van der Waals surface area contributed by atoms with Crippen LogP contribution >= 0.6 is 0 Å². The van der Waals surface area contributed by atoms with Crippen molar-refractivity contribution >= 4 is 17.9 Å². The molecule has 0 aliphatic heterocycles. The maximum Gasteiger partial charge on any atom is 0.306 e. The molecule has 1 atom stereocenters. The van der Waals surface area contributed by atoms with E-state index in [9.17, 15) is 14.4 Å². The molecule has 0 saturated heterocycles. The Hall–Kier alpha value is -2.63. The SMILES string of the molecule is CCCCC/C=C\C=C/CCCCCCCCC(=O)OCC(COC(=O)CCCCCCC/C=C\CCCCCCCCC)OC(=O)CCCCCCC/C=C\CCCCCCCCC. The molecule has 6 heteroatoms. The monoisotopic (exact) mass is 911 g/mol. The van der Waals surface area contributed by atoms with Crippen LogP contribution < -0.4 is 0 Å². The zero-order chi connectivity index (χ0) is 47.2. The molecule has 0 amide bonds. The third-order valence-electron chi connectivity index (χ3n) is 12.3. The number of carbonyl (C=O) groups excluding carboxylic acids is 3. The quantitative estimate of drug-likeness (QED) is 0.0199. The van der Waals surface area contributed by atoms with Gasteiger partial charge in [-0.3, -0.25) is 14.4 Å². The number of hydrogen-bond donors (Lipinski definition) is 0. The molecule has 0 aliphatic carbocycles. The lowest BCUT2D eigenvalue weighted by Crippen LogP contribution is -2.30. The van der Waals surface area contributed by atoms with E-state index < -0.39 is 6.10 Å². The van der Waals surface area contributed by atoms with Crippen LogP contribution in [0.5, 0.6) is 0 Å². The van der Waals surface area contributed by atoms with Gasteiger partial charge in [0.15, 0.2) is 6.10 Å². The molecule has 0 rings (SSSR count). The van der Waals surface area contributed by atoms with E-state index in [1.165, 1.54) is 167 Å². The van der Waals surface area contributed by atoms with Gasteiger partial charge in [-0.25, -0.2) is 0 Å². The zero-order valence-corrected chi connectivity index (χ0v) is 43.3.